The molecule has 0 radical (unpaired) electrons. The van der Waals surface area contributed by atoms with Crippen LogP contribution in [0.15, 0.2) is 42.6 Å². The minimum atomic E-state index is -0.570. The second kappa shape index (κ2) is 34.9. The molecule has 0 aliphatic carbocycles. The van der Waals surface area contributed by atoms with E-state index in [9.17, 15) is 4.79 Å². The highest BCUT2D eigenvalue weighted by Crippen LogP contribution is 2.30. The van der Waals surface area contributed by atoms with E-state index in [1.807, 2.05) is 24.3 Å². The van der Waals surface area contributed by atoms with Gasteiger partial charge in [-0.25, -0.2) is 4.57 Å². The van der Waals surface area contributed by atoms with Crippen molar-refractivity contribution in [3.8, 4) is 11.5 Å². The number of unbranched alkanes of at least 4 members (excludes halogenated alkanes) is 26. The number of carbonyl (C=O) groups excluding carboxylic acids is 1. The maximum atomic E-state index is 13.6. The molecule has 0 bridgehead atoms. The number of benzene rings is 1. The van der Waals surface area contributed by atoms with Crippen molar-refractivity contribution in [3.05, 3.63) is 53.3 Å². The summed E-state index contributed by atoms with van der Waals surface area (Å²) in [7, 11) is 0. The molecule has 0 aliphatic rings. The highest BCUT2D eigenvalue weighted by atomic mass is 35.5. The van der Waals surface area contributed by atoms with Crippen LogP contribution in [0.4, 0.5) is 0 Å². The standard InChI is InChI=1S/C49H83ClN2O3/c1-4-7-9-11-13-15-17-19-21-23-25-27-29-31-36-48(49(53)51-43-44-35-32-33-40-52(44)39-6-3)55-45-37-38-47(46(50)42-45)54-41-34-30-28-26-24-22-20-18-16-14-12-10-8-5-2/h32-33,35,37-38,40,42,48H,4-31,34,36,39,41,43H2,1-3H3/p+1. The van der Waals surface area contributed by atoms with Crippen molar-refractivity contribution in [1.82, 2.24) is 5.32 Å². The number of hydrogen-bond acceptors (Lipinski definition) is 3. The molecule has 6 heteroatoms. The van der Waals surface area contributed by atoms with E-state index in [2.05, 4.69) is 42.9 Å². The summed E-state index contributed by atoms with van der Waals surface area (Å²) in [6.45, 7) is 8.81. The Hall–Kier alpha value is -2.27. The summed E-state index contributed by atoms with van der Waals surface area (Å²) in [6, 6.07) is 11.7. The minimum absolute atomic E-state index is 0.0733. The molecule has 0 fully saturated rings. The Kier molecular flexibility index (Phi) is 31.0. The fourth-order valence-corrected chi connectivity index (χ4v) is 7.73. The average molecular weight is 785 g/mol. The third-order valence-electron chi connectivity index (χ3n) is 11.0. The molecular formula is C49H84ClN2O3+. The van der Waals surface area contributed by atoms with E-state index in [4.69, 9.17) is 21.1 Å². The van der Waals surface area contributed by atoms with E-state index in [1.54, 1.807) is 6.07 Å². The van der Waals surface area contributed by atoms with E-state index in [1.165, 1.54) is 161 Å². The fraction of sp³-hybridized carbons (Fsp3) is 0.755. The molecule has 1 heterocycles. The van der Waals surface area contributed by atoms with Crippen molar-refractivity contribution < 1.29 is 18.8 Å². The van der Waals surface area contributed by atoms with Gasteiger partial charge in [0.05, 0.1) is 11.6 Å². The molecule has 0 saturated carbocycles. The monoisotopic (exact) mass is 784 g/mol. The number of nitrogens with one attached hydrogen (secondary N) is 1. The number of aryl methyl sites for hydroxylation is 1. The van der Waals surface area contributed by atoms with Gasteiger partial charge in [-0.2, -0.15) is 0 Å². The number of rotatable bonds is 38. The van der Waals surface area contributed by atoms with Crippen LogP contribution >= 0.6 is 11.6 Å². The summed E-state index contributed by atoms with van der Waals surface area (Å²) in [4.78, 5) is 13.6. The van der Waals surface area contributed by atoms with Crippen LogP contribution in [0.5, 0.6) is 11.5 Å². The van der Waals surface area contributed by atoms with E-state index < -0.39 is 6.10 Å². The number of hydrogen-bond donors (Lipinski definition) is 1. The lowest BCUT2D eigenvalue weighted by Crippen LogP contribution is -2.43. The van der Waals surface area contributed by atoms with Gasteiger partial charge >= 0.3 is 0 Å². The lowest BCUT2D eigenvalue weighted by atomic mass is 10.0. The normalized spacial score (nSPS) is 11.9. The van der Waals surface area contributed by atoms with Crippen LogP contribution in [-0.2, 0) is 17.9 Å². The van der Waals surface area contributed by atoms with E-state index in [0.717, 1.165) is 37.9 Å². The lowest BCUT2D eigenvalue weighted by molar-refractivity contribution is -0.704. The number of ether oxygens (including phenoxy) is 2. The average Bonchev–Trinajstić information content (AvgIpc) is 3.19. The summed E-state index contributed by atoms with van der Waals surface area (Å²) >= 11 is 6.68. The summed E-state index contributed by atoms with van der Waals surface area (Å²) in [5.74, 6) is 1.22. The zero-order valence-electron chi connectivity index (χ0n) is 36.0. The second-order valence-electron chi connectivity index (χ2n) is 16.1. The molecule has 0 spiro atoms. The van der Waals surface area contributed by atoms with Crippen LogP contribution in [0.2, 0.25) is 5.02 Å². The summed E-state index contributed by atoms with van der Waals surface area (Å²) in [5.41, 5.74) is 1.09. The van der Waals surface area contributed by atoms with Gasteiger partial charge in [0.2, 0.25) is 5.69 Å². The molecule has 1 unspecified atom stereocenters. The van der Waals surface area contributed by atoms with Crippen molar-refractivity contribution in [2.75, 3.05) is 6.61 Å². The van der Waals surface area contributed by atoms with Gasteiger partial charge in [-0.3, -0.25) is 4.79 Å². The second-order valence-corrected chi connectivity index (χ2v) is 16.5. The Morgan fingerprint density at radius 3 is 1.60 bits per heavy atom. The predicted octanol–water partition coefficient (Wildman–Crippen LogP) is 14.8. The molecule has 2 aromatic rings. The Morgan fingerprint density at radius 2 is 1.11 bits per heavy atom. The highest BCUT2D eigenvalue weighted by molar-refractivity contribution is 6.32. The van der Waals surface area contributed by atoms with Crippen molar-refractivity contribution in [3.63, 3.8) is 0 Å². The number of amides is 1. The first-order valence-corrected chi connectivity index (χ1v) is 23.8. The summed E-state index contributed by atoms with van der Waals surface area (Å²) < 4.78 is 14.6. The number of nitrogens with zero attached hydrogens (tertiary/aromatic N) is 1. The first-order chi connectivity index (χ1) is 27.1. The van der Waals surface area contributed by atoms with Crippen molar-refractivity contribution in [2.45, 2.75) is 233 Å². The lowest BCUT2D eigenvalue weighted by Gasteiger charge is -2.19. The van der Waals surface area contributed by atoms with E-state index in [-0.39, 0.29) is 5.91 Å². The molecule has 5 nitrogen and oxygen atoms in total. The first-order valence-electron chi connectivity index (χ1n) is 23.4. The topological polar surface area (TPSA) is 51.4 Å². The van der Waals surface area contributed by atoms with Gasteiger partial charge in [-0.1, -0.05) is 205 Å². The number of pyridine rings is 1. The zero-order valence-corrected chi connectivity index (χ0v) is 36.8. The minimum Gasteiger partial charge on any atom is -0.492 e. The maximum Gasteiger partial charge on any atom is 0.261 e. The molecule has 1 aromatic heterocycles. The van der Waals surface area contributed by atoms with Gasteiger partial charge in [0, 0.05) is 24.6 Å². The van der Waals surface area contributed by atoms with Crippen molar-refractivity contribution in [2.24, 2.45) is 0 Å². The van der Waals surface area contributed by atoms with E-state index >= 15 is 0 Å². The largest absolute Gasteiger partial charge is 0.492 e. The Balaban J connectivity index is 1.73. The molecule has 314 valence electrons. The first kappa shape index (κ1) is 48.9. The molecule has 2 rings (SSSR count). The van der Waals surface area contributed by atoms with Crippen LogP contribution in [0.25, 0.3) is 0 Å². The van der Waals surface area contributed by atoms with Crippen LogP contribution in [0.1, 0.15) is 219 Å². The van der Waals surface area contributed by atoms with Gasteiger partial charge in [-0.15, -0.1) is 0 Å². The smallest absolute Gasteiger partial charge is 0.261 e. The molecule has 0 saturated heterocycles. The van der Waals surface area contributed by atoms with Gasteiger partial charge in [0.15, 0.2) is 12.3 Å². The fourth-order valence-electron chi connectivity index (χ4n) is 7.51. The van der Waals surface area contributed by atoms with Crippen molar-refractivity contribution in [1.29, 1.82) is 0 Å². The van der Waals surface area contributed by atoms with Crippen LogP contribution in [0, 0.1) is 0 Å². The SMILES string of the molecule is CCCCCCCCCCCCCCCCOc1ccc(OC(CCCCCCCCCCCCCCCC)C(=O)NCc2cccc[n+]2CCC)cc1Cl. The van der Waals surface area contributed by atoms with Gasteiger partial charge in [0.25, 0.3) is 5.91 Å². The quantitative estimate of drug-likeness (QED) is 0.0545. The molecule has 1 N–H and O–H groups in total. The van der Waals surface area contributed by atoms with Gasteiger partial charge in [-0.05, 0) is 31.4 Å². The van der Waals surface area contributed by atoms with Crippen molar-refractivity contribution >= 4 is 17.5 Å². The molecule has 1 amide bonds. The Bertz CT molecular complexity index is 1190. The van der Waals surface area contributed by atoms with E-state index in [0.29, 0.717) is 36.1 Å². The molecular weight excluding hydrogens is 700 g/mol. The maximum absolute atomic E-state index is 13.6. The summed E-state index contributed by atoms with van der Waals surface area (Å²) in [6.07, 6.45) is 40.3. The number of halogens is 1. The van der Waals surface area contributed by atoms with Gasteiger partial charge < -0.3 is 14.8 Å². The number of carbonyl (C=O) groups is 1. The molecule has 1 aromatic carbocycles. The number of aromatic nitrogens is 1. The molecule has 1 atom stereocenters. The van der Waals surface area contributed by atoms with Gasteiger partial charge in [0.1, 0.15) is 24.6 Å². The third kappa shape index (κ3) is 25.6. The third-order valence-corrected chi connectivity index (χ3v) is 11.3. The zero-order chi connectivity index (χ0) is 39.4. The Morgan fingerprint density at radius 1 is 0.618 bits per heavy atom. The molecule has 55 heavy (non-hydrogen) atoms. The van der Waals surface area contributed by atoms with Crippen LogP contribution in [0.3, 0.4) is 0 Å². The van der Waals surface area contributed by atoms with Crippen LogP contribution in [-0.4, -0.2) is 18.6 Å². The molecule has 0 aliphatic heterocycles. The highest BCUT2D eigenvalue weighted by Gasteiger charge is 2.22. The predicted molar refractivity (Wildman–Crippen MR) is 235 cm³/mol. The van der Waals surface area contributed by atoms with Crippen LogP contribution < -0.4 is 19.4 Å². The summed E-state index contributed by atoms with van der Waals surface area (Å²) in [5, 5.41) is 3.70. The Labute approximate surface area is 344 Å².